The minimum Gasteiger partial charge on any atom is -0.385 e. The van der Waals surface area contributed by atoms with E-state index in [1.165, 1.54) is 0 Å². The quantitative estimate of drug-likeness (QED) is 0.121. The van der Waals surface area contributed by atoms with Crippen LogP contribution in [0.15, 0.2) is 41.1 Å². The number of methoxy groups -OCH3 is 1. The van der Waals surface area contributed by atoms with Crippen LogP contribution in [-0.4, -0.2) is 62.8 Å². The smallest absolute Gasteiger partial charge is 0.276 e. The van der Waals surface area contributed by atoms with Crippen molar-refractivity contribution in [2.75, 3.05) is 31.8 Å². The third-order valence-corrected chi connectivity index (χ3v) is 5.54. The van der Waals surface area contributed by atoms with Gasteiger partial charge in [-0.3, -0.25) is 24.7 Å². The van der Waals surface area contributed by atoms with Gasteiger partial charge in [0.1, 0.15) is 11.2 Å². The van der Waals surface area contributed by atoms with Crippen molar-refractivity contribution in [2.24, 2.45) is 5.10 Å². The molecule has 1 aliphatic carbocycles. The number of benzene rings is 1. The SMILES string of the molecule is C/C=C(\N/N=C/C=O)C(=O)N(c1cccc(CC)c1)C1(C(=O)NCCCOC(C)C)CC1.CC.CCOC. The molecular weight excluding hydrogens is 484 g/mol. The number of hydrazone groups is 1. The molecule has 0 radical (unpaired) electrons. The molecule has 1 aliphatic rings. The number of carbonyl (C=O) groups excluding carboxylic acids is 3. The molecule has 9 nitrogen and oxygen atoms in total. The summed E-state index contributed by atoms with van der Waals surface area (Å²) in [5, 5.41) is 6.72. The van der Waals surface area contributed by atoms with Gasteiger partial charge < -0.3 is 14.8 Å². The van der Waals surface area contributed by atoms with Crippen LogP contribution in [0.2, 0.25) is 0 Å². The number of ether oxygens (including phenoxy) is 2. The van der Waals surface area contributed by atoms with E-state index in [9.17, 15) is 14.4 Å². The molecule has 0 unspecified atom stereocenters. The van der Waals surface area contributed by atoms with Crippen LogP contribution in [0.3, 0.4) is 0 Å². The van der Waals surface area contributed by atoms with Crippen LogP contribution in [0.4, 0.5) is 5.69 Å². The normalized spacial score (nSPS) is 13.6. The molecule has 0 bridgehead atoms. The molecule has 1 fully saturated rings. The molecule has 0 spiro atoms. The number of nitrogens with zero attached hydrogens (tertiary/aromatic N) is 2. The first-order valence-electron chi connectivity index (χ1n) is 13.5. The number of hydrogen-bond donors (Lipinski definition) is 2. The Kier molecular flexibility index (Phi) is 18.4. The Labute approximate surface area is 229 Å². The lowest BCUT2D eigenvalue weighted by Gasteiger charge is -2.32. The molecule has 2 N–H and O–H groups in total. The summed E-state index contributed by atoms with van der Waals surface area (Å²) in [5.41, 5.74) is 3.58. The summed E-state index contributed by atoms with van der Waals surface area (Å²) >= 11 is 0. The number of rotatable bonds is 14. The van der Waals surface area contributed by atoms with Crippen LogP contribution in [-0.2, 0) is 30.3 Å². The topological polar surface area (TPSA) is 109 Å². The summed E-state index contributed by atoms with van der Waals surface area (Å²) in [6, 6.07) is 7.65. The minimum absolute atomic E-state index is 0.146. The van der Waals surface area contributed by atoms with Gasteiger partial charge in [0.15, 0.2) is 6.29 Å². The van der Waals surface area contributed by atoms with Crippen molar-refractivity contribution in [1.82, 2.24) is 10.7 Å². The number of carbonyl (C=O) groups is 3. The van der Waals surface area contributed by atoms with Crippen LogP contribution in [0.5, 0.6) is 0 Å². The van der Waals surface area contributed by atoms with Crippen molar-refractivity contribution in [3.8, 4) is 0 Å². The third-order valence-electron chi connectivity index (χ3n) is 5.54. The molecule has 38 heavy (non-hydrogen) atoms. The molecule has 0 aromatic heterocycles. The van der Waals surface area contributed by atoms with Crippen molar-refractivity contribution in [2.45, 2.75) is 85.8 Å². The molecular formula is C29H48N4O5. The van der Waals surface area contributed by atoms with E-state index < -0.39 is 5.54 Å². The molecule has 0 saturated heterocycles. The predicted octanol–water partition coefficient (Wildman–Crippen LogP) is 4.40. The van der Waals surface area contributed by atoms with Gasteiger partial charge in [0.25, 0.3) is 5.91 Å². The summed E-state index contributed by atoms with van der Waals surface area (Å²) in [7, 11) is 1.68. The lowest BCUT2D eigenvalue weighted by atomic mass is 10.1. The zero-order chi connectivity index (χ0) is 29.0. The van der Waals surface area contributed by atoms with E-state index in [1.54, 1.807) is 25.0 Å². The van der Waals surface area contributed by atoms with Crippen molar-refractivity contribution < 1.29 is 23.9 Å². The highest BCUT2D eigenvalue weighted by atomic mass is 16.5. The summed E-state index contributed by atoms with van der Waals surface area (Å²) in [5.74, 6) is -0.552. The Morgan fingerprint density at radius 2 is 1.87 bits per heavy atom. The highest BCUT2D eigenvalue weighted by Gasteiger charge is 2.57. The Morgan fingerprint density at radius 3 is 2.37 bits per heavy atom. The summed E-state index contributed by atoms with van der Waals surface area (Å²) in [6.07, 6.45) is 5.91. The maximum Gasteiger partial charge on any atom is 0.276 e. The average Bonchev–Trinajstić information content (AvgIpc) is 3.73. The van der Waals surface area contributed by atoms with Gasteiger partial charge in [0.05, 0.1) is 12.3 Å². The minimum atomic E-state index is -0.952. The molecule has 0 aliphatic heterocycles. The Morgan fingerprint density at radius 1 is 1.21 bits per heavy atom. The zero-order valence-corrected chi connectivity index (χ0v) is 24.5. The van der Waals surface area contributed by atoms with Gasteiger partial charge in [0.2, 0.25) is 5.91 Å². The predicted molar refractivity (Wildman–Crippen MR) is 154 cm³/mol. The fourth-order valence-electron chi connectivity index (χ4n) is 3.40. The van der Waals surface area contributed by atoms with Gasteiger partial charge >= 0.3 is 0 Å². The number of nitrogens with one attached hydrogen (secondary N) is 2. The molecule has 1 aromatic rings. The van der Waals surface area contributed by atoms with Crippen LogP contribution in [0.1, 0.15) is 73.3 Å². The van der Waals surface area contributed by atoms with Crippen LogP contribution in [0.25, 0.3) is 0 Å². The fraction of sp³-hybridized carbons (Fsp3) is 0.586. The number of amides is 2. The second-order valence-corrected chi connectivity index (χ2v) is 8.53. The van der Waals surface area contributed by atoms with Gasteiger partial charge in [0, 0.05) is 32.6 Å². The monoisotopic (exact) mass is 532 g/mol. The van der Waals surface area contributed by atoms with Crippen molar-refractivity contribution in [3.05, 3.63) is 41.6 Å². The molecule has 9 heteroatoms. The van der Waals surface area contributed by atoms with Gasteiger partial charge in [-0.05, 0) is 71.1 Å². The number of aldehydes is 1. The number of allylic oxidation sites excluding steroid dienone is 1. The van der Waals surface area contributed by atoms with Crippen molar-refractivity contribution in [1.29, 1.82) is 0 Å². The molecule has 1 aromatic carbocycles. The maximum atomic E-state index is 13.5. The van der Waals surface area contributed by atoms with E-state index >= 15 is 0 Å². The molecule has 2 amide bonds. The third kappa shape index (κ3) is 11.6. The zero-order valence-electron chi connectivity index (χ0n) is 24.5. The Balaban J connectivity index is 0.00000208. The number of aryl methyl sites for hydroxylation is 1. The standard InChI is InChI=1S/C24H34N4O4.C3H8O.C2H6/c1-5-19-9-7-10-20(17-19)28(22(30)21(6-2)27-26-14-15-29)24(11-12-24)23(31)25-13-8-16-32-18(3)4;1-3-4-2;1-2/h6-7,9-10,14-15,17-18,27H,5,8,11-13,16H2,1-4H3,(H,25,31);3H2,1-2H3;1-2H3/b21-6-,26-14+;;. The molecule has 0 atom stereocenters. The number of hydrogen-bond acceptors (Lipinski definition) is 7. The van der Waals surface area contributed by atoms with Crippen molar-refractivity contribution in [3.63, 3.8) is 0 Å². The van der Waals surface area contributed by atoms with Crippen LogP contribution >= 0.6 is 0 Å². The first kappa shape index (κ1) is 35.0. The van der Waals surface area contributed by atoms with E-state index in [2.05, 4.69) is 20.6 Å². The molecule has 2 rings (SSSR count). The fourth-order valence-corrected chi connectivity index (χ4v) is 3.40. The first-order chi connectivity index (χ1) is 18.3. The average molecular weight is 533 g/mol. The second kappa shape index (κ2) is 20.0. The van der Waals surface area contributed by atoms with Gasteiger partial charge in [-0.25, -0.2) is 0 Å². The van der Waals surface area contributed by atoms with E-state index in [-0.39, 0.29) is 23.6 Å². The summed E-state index contributed by atoms with van der Waals surface area (Å²) in [6.45, 7) is 15.5. The summed E-state index contributed by atoms with van der Waals surface area (Å²) in [4.78, 5) is 38.9. The maximum absolute atomic E-state index is 13.5. The van der Waals surface area contributed by atoms with Crippen LogP contribution < -0.4 is 15.6 Å². The van der Waals surface area contributed by atoms with E-state index in [0.717, 1.165) is 24.8 Å². The Bertz CT molecular complexity index is 893. The van der Waals surface area contributed by atoms with E-state index in [0.29, 0.717) is 44.4 Å². The van der Waals surface area contributed by atoms with E-state index in [4.69, 9.17) is 4.74 Å². The first-order valence-corrected chi connectivity index (χ1v) is 13.5. The van der Waals surface area contributed by atoms with Gasteiger partial charge in [-0.1, -0.05) is 39.0 Å². The lowest BCUT2D eigenvalue weighted by Crippen LogP contribution is -2.53. The van der Waals surface area contributed by atoms with Crippen molar-refractivity contribution >= 4 is 30.0 Å². The Hall–Kier alpha value is -3.04. The summed E-state index contributed by atoms with van der Waals surface area (Å²) < 4.78 is 10.1. The molecule has 214 valence electrons. The van der Waals surface area contributed by atoms with E-state index in [1.807, 2.05) is 65.8 Å². The lowest BCUT2D eigenvalue weighted by molar-refractivity contribution is -0.126. The van der Waals surface area contributed by atoms with Gasteiger partial charge in [-0.15, -0.1) is 0 Å². The molecule has 1 saturated carbocycles. The second-order valence-electron chi connectivity index (χ2n) is 8.53. The highest BCUT2D eigenvalue weighted by Crippen LogP contribution is 2.45. The van der Waals surface area contributed by atoms with Gasteiger partial charge in [-0.2, -0.15) is 5.10 Å². The largest absolute Gasteiger partial charge is 0.385 e. The number of anilines is 1. The highest BCUT2D eigenvalue weighted by molar-refractivity contribution is 6.14. The molecule has 0 heterocycles. The van der Waals surface area contributed by atoms with Crippen LogP contribution in [0, 0.1) is 0 Å².